The highest BCUT2D eigenvalue weighted by atomic mass is 35.5. The Morgan fingerprint density at radius 3 is 2.88 bits per heavy atom. The zero-order valence-electron chi connectivity index (χ0n) is 10.5. The van der Waals surface area contributed by atoms with Crippen molar-refractivity contribution in [3.8, 4) is 0 Å². The van der Waals surface area contributed by atoms with Gasteiger partial charge in [-0.3, -0.25) is 0 Å². The number of benzene rings is 1. The van der Waals surface area contributed by atoms with Crippen molar-refractivity contribution >= 4 is 17.7 Å². The number of hydrogen-bond acceptors (Lipinski definition) is 2. The molecule has 17 heavy (non-hydrogen) atoms. The van der Waals surface area contributed by atoms with Gasteiger partial charge in [-0.2, -0.15) is 0 Å². The molecule has 0 fully saturated rings. The maximum Gasteiger partial charge on any atom is 0.0587 e. The Balaban J connectivity index is 2.26. The quantitative estimate of drug-likeness (QED) is 0.753. The average Bonchev–Trinajstić information content (AvgIpc) is 2.32. The van der Waals surface area contributed by atoms with Gasteiger partial charge in [0.2, 0.25) is 0 Å². The van der Waals surface area contributed by atoms with E-state index in [1.807, 2.05) is 19.1 Å². The summed E-state index contributed by atoms with van der Waals surface area (Å²) >= 11 is 6.05. The van der Waals surface area contributed by atoms with Crippen LogP contribution in [0.5, 0.6) is 0 Å². The highest BCUT2D eigenvalue weighted by Gasteiger charge is 1.94. The van der Waals surface area contributed by atoms with Gasteiger partial charge in [0.05, 0.1) is 6.61 Å². The van der Waals surface area contributed by atoms with Crippen LogP contribution in [0.3, 0.4) is 0 Å². The second-order valence-corrected chi connectivity index (χ2v) is 4.35. The summed E-state index contributed by atoms with van der Waals surface area (Å²) in [6, 6.07) is 6.11. The van der Waals surface area contributed by atoms with Crippen LogP contribution in [0, 0.1) is 6.92 Å². The van der Waals surface area contributed by atoms with Gasteiger partial charge in [-0.05, 0) is 37.1 Å². The molecule has 94 valence electrons. The molecule has 1 N–H and O–H groups in total. The molecule has 0 bridgehead atoms. The lowest BCUT2D eigenvalue weighted by Gasteiger charge is -2.01. The molecule has 0 spiro atoms. The molecule has 0 atom stereocenters. The number of aryl methyl sites for hydroxylation is 1. The van der Waals surface area contributed by atoms with Crippen LogP contribution in [0.4, 0.5) is 0 Å². The van der Waals surface area contributed by atoms with Gasteiger partial charge < -0.3 is 10.1 Å². The Bertz CT molecular complexity index is 363. The van der Waals surface area contributed by atoms with Crippen LogP contribution in [-0.2, 0) is 4.74 Å². The van der Waals surface area contributed by atoms with Crippen molar-refractivity contribution in [3.63, 3.8) is 0 Å². The zero-order valence-corrected chi connectivity index (χ0v) is 11.3. The molecule has 0 aromatic heterocycles. The molecule has 3 heteroatoms. The van der Waals surface area contributed by atoms with Crippen molar-refractivity contribution in [1.29, 1.82) is 0 Å². The van der Waals surface area contributed by atoms with Gasteiger partial charge >= 0.3 is 0 Å². The Morgan fingerprint density at radius 2 is 2.18 bits per heavy atom. The van der Waals surface area contributed by atoms with E-state index in [1.54, 1.807) is 7.11 Å². The van der Waals surface area contributed by atoms with Gasteiger partial charge in [-0.1, -0.05) is 35.9 Å². The Labute approximate surface area is 109 Å². The lowest BCUT2D eigenvalue weighted by molar-refractivity contribution is 0.199. The lowest BCUT2D eigenvalue weighted by Crippen LogP contribution is -2.19. The van der Waals surface area contributed by atoms with E-state index in [9.17, 15) is 0 Å². The van der Waals surface area contributed by atoms with Crippen molar-refractivity contribution in [3.05, 3.63) is 40.4 Å². The van der Waals surface area contributed by atoms with Crippen LogP contribution in [0.15, 0.2) is 24.3 Å². The molecule has 0 radical (unpaired) electrons. The van der Waals surface area contributed by atoms with Crippen LogP contribution in [0.25, 0.3) is 6.08 Å². The summed E-state index contributed by atoms with van der Waals surface area (Å²) < 4.78 is 4.95. The maximum atomic E-state index is 6.05. The second kappa shape index (κ2) is 8.29. The molecule has 1 rings (SSSR count). The highest BCUT2D eigenvalue weighted by molar-refractivity contribution is 6.31. The molecule has 0 aliphatic rings. The number of halogens is 1. The van der Waals surface area contributed by atoms with Crippen LogP contribution >= 0.6 is 11.6 Å². The van der Waals surface area contributed by atoms with E-state index in [-0.39, 0.29) is 0 Å². The standard InChI is InChI=1S/C14H20ClNO/c1-12-6-7-13(11-14(12)15)5-3-4-8-16-9-10-17-2/h3,5-7,11,16H,4,8-10H2,1-2H3/b5-3+. The third kappa shape index (κ3) is 5.87. The fourth-order valence-electron chi connectivity index (χ4n) is 1.42. The molecule has 0 saturated carbocycles. The smallest absolute Gasteiger partial charge is 0.0587 e. The minimum absolute atomic E-state index is 0.761. The van der Waals surface area contributed by atoms with Gasteiger partial charge in [0.1, 0.15) is 0 Å². The second-order valence-electron chi connectivity index (χ2n) is 3.94. The number of nitrogens with one attached hydrogen (secondary N) is 1. The first-order chi connectivity index (χ1) is 8.24. The fraction of sp³-hybridized carbons (Fsp3) is 0.429. The van der Waals surface area contributed by atoms with Crippen LogP contribution < -0.4 is 5.32 Å². The first kappa shape index (κ1) is 14.2. The molecule has 0 unspecified atom stereocenters. The van der Waals surface area contributed by atoms with Crippen LogP contribution in [0.2, 0.25) is 5.02 Å². The summed E-state index contributed by atoms with van der Waals surface area (Å²) in [6.07, 6.45) is 5.26. The molecule has 0 amide bonds. The summed E-state index contributed by atoms with van der Waals surface area (Å²) in [4.78, 5) is 0. The molecule has 1 aromatic rings. The summed E-state index contributed by atoms with van der Waals surface area (Å²) in [7, 11) is 1.71. The molecule has 1 aromatic carbocycles. The van der Waals surface area contributed by atoms with Gasteiger partial charge in [0, 0.05) is 18.7 Å². The molecular weight excluding hydrogens is 234 g/mol. The molecule has 0 heterocycles. The van der Waals surface area contributed by atoms with Crippen molar-refractivity contribution in [2.75, 3.05) is 26.8 Å². The predicted molar refractivity (Wildman–Crippen MR) is 74.6 cm³/mol. The largest absolute Gasteiger partial charge is 0.383 e. The molecule has 2 nitrogen and oxygen atoms in total. The van der Waals surface area contributed by atoms with Gasteiger partial charge in [-0.15, -0.1) is 0 Å². The Morgan fingerprint density at radius 1 is 1.35 bits per heavy atom. The highest BCUT2D eigenvalue weighted by Crippen LogP contribution is 2.17. The van der Waals surface area contributed by atoms with E-state index in [2.05, 4.69) is 23.5 Å². The van der Waals surface area contributed by atoms with Gasteiger partial charge in [-0.25, -0.2) is 0 Å². The monoisotopic (exact) mass is 253 g/mol. The SMILES string of the molecule is COCCNCC/C=C/c1ccc(C)c(Cl)c1. The van der Waals surface area contributed by atoms with Crippen molar-refractivity contribution in [1.82, 2.24) is 5.32 Å². The molecule has 0 aliphatic carbocycles. The summed E-state index contributed by atoms with van der Waals surface area (Å²) in [6.45, 7) is 4.65. The third-order valence-corrected chi connectivity index (χ3v) is 2.88. The van der Waals surface area contributed by atoms with Crippen molar-refractivity contribution < 1.29 is 4.74 Å². The first-order valence-corrected chi connectivity index (χ1v) is 6.24. The Hall–Kier alpha value is -0.830. The topological polar surface area (TPSA) is 21.3 Å². The molecule has 0 aliphatic heterocycles. The average molecular weight is 254 g/mol. The number of ether oxygens (including phenoxy) is 1. The first-order valence-electron chi connectivity index (χ1n) is 5.86. The van der Waals surface area contributed by atoms with E-state index in [0.717, 1.165) is 42.3 Å². The third-order valence-electron chi connectivity index (χ3n) is 2.48. The summed E-state index contributed by atoms with van der Waals surface area (Å²) in [5, 5.41) is 4.12. The minimum atomic E-state index is 0.761. The predicted octanol–water partition coefficient (Wildman–Crippen LogP) is 3.29. The summed E-state index contributed by atoms with van der Waals surface area (Å²) in [5.41, 5.74) is 2.27. The zero-order chi connectivity index (χ0) is 12.5. The normalized spacial score (nSPS) is 11.2. The summed E-state index contributed by atoms with van der Waals surface area (Å²) in [5.74, 6) is 0. The Kier molecular flexibility index (Phi) is 6.94. The molecule has 0 saturated heterocycles. The van der Waals surface area contributed by atoms with E-state index in [1.165, 1.54) is 0 Å². The van der Waals surface area contributed by atoms with Crippen molar-refractivity contribution in [2.24, 2.45) is 0 Å². The van der Waals surface area contributed by atoms with E-state index >= 15 is 0 Å². The van der Waals surface area contributed by atoms with Crippen LogP contribution in [0.1, 0.15) is 17.5 Å². The minimum Gasteiger partial charge on any atom is -0.383 e. The number of rotatable bonds is 7. The molecular formula is C14H20ClNO. The van der Waals surface area contributed by atoms with E-state index in [0.29, 0.717) is 0 Å². The number of methoxy groups -OCH3 is 1. The van der Waals surface area contributed by atoms with Gasteiger partial charge in [0.25, 0.3) is 0 Å². The van der Waals surface area contributed by atoms with Crippen molar-refractivity contribution in [2.45, 2.75) is 13.3 Å². The fourth-order valence-corrected chi connectivity index (χ4v) is 1.61. The maximum absolute atomic E-state index is 6.05. The number of hydrogen-bond donors (Lipinski definition) is 1. The van der Waals surface area contributed by atoms with Crippen LogP contribution in [-0.4, -0.2) is 26.8 Å². The lowest BCUT2D eigenvalue weighted by atomic mass is 10.1. The van der Waals surface area contributed by atoms with E-state index in [4.69, 9.17) is 16.3 Å². The van der Waals surface area contributed by atoms with Gasteiger partial charge in [0.15, 0.2) is 0 Å². The van der Waals surface area contributed by atoms with E-state index < -0.39 is 0 Å².